The third kappa shape index (κ3) is 7.82. The molecule has 0 unspecified atom stereocenters. The molecular weight excluding hydrogens is 662 g/mol. The van der Waals surface area contributed by atoms with Crippen molar-refractivity contribution in [1.82, 2.24) is 20.2 Å². The van der Waals surface area contributed by atoms with Crippen LogP contribution in [0.5, 0.6) is 5.75 Å². The molecule has 0 bridgehead atoms. The average molecular weight is 688 g/mol. The quantitative estimate of drug-likeness (QED) is 0.0903. The summed E-state index contributed by atoms with van der Waals surface area (Å²) >= 11 is 6.67. The molecule has 244 valence electrons. The summed E-state index contributed by atoms with van der Waals surface area (Å²) in [4.78, 5) is 23.1. The molecule has 0 saturated carbocycles. The van der Waals surface area contributed by atoms with Gasteiger partial charge in [-0.2, -0.15) is 32.0 Å². The number of thiocarbonyl (C=S) groups is 1. The van der Waals surface area contributed by atoms with E-state index >= 15 is 0 Å². The van der Waals surface area contributed by atoms with E-state index in [1.165, 1.54) is 41.1 Å². The molecule has 3 aromatic carbocycles. The highest BCUT2D eigenvalue weighted by Crippen LogP contribution is 2.37. The summed E-state index contributed by atoms with van der Waals surface area (Å²) in [6, 6.07) is 17.5. The molecule has 0 aliphatic carbocycles. The lowest BCUT2D eigenvalue weighted by atomic mass is 9.99. The fourth-order valence-electron chi connectivity index (χ4n) is 4.40. The van der Waals surface area contributed by atoms with Crippen LogP contribution in [0, 0.1) is 6.92 Å². The van der Waals surface area contributed by atoms with Crippen LogP contribution in [-0.4, -0.2) is 55.2 Å². The molecule has 47 heavy (non-hydrogen) atoms. The molecule has 0 radical (unpaired) electrons. The highest BCUT2D eigenvalue weighted by Gasteiger charge is 2.61. The number of anilines is 1. The summed E-state index contributed by atoms with van der Waals surface area (Å²) in [6.07, 6.45) is -8.25. The second-order valence-corrected chi connectivity index (χ2v) is 11.9. The number of carbonyl (C=O) groups is 1. The average Bonchev–Trinajstić information content (AvgIpc) is 3.64. The van der Waals surface area contributed by atoms with Gasteiger partial charge in [0, 0.05) is 5.56 Å². The first-order valence-corrected chi connectivity index (χ1v) is 15.4. The molecule has 5 rings (SSSR count). The molecule has 2 heterocycles. The number of aromatic nitrogens is 3. The van der Waals surface area contributed by atoms with Crippen molar-refractivity contribution in [3.63, 3.8) is 0 Å². The number of amides is 1. The lowest BCUT2D eigenvalue weighted by Gasteiger charge is -2.22. The molecule has 1 fully saturated rings. The highest BCUT2D eigenvalue weighted by atomic mass is 32.2. The van der Waals surface area contributed by atoms with E-state index in [-0.39, 0.29) is 22.7 Å². The van der Waals surface area contributed by atoms with Crippen LogP contribution in [0.25, 0.3) is 17.1 Å². The van der Waals surface area contributed by atoms with Crippen LogP contribution in [-0.2, 0) is 4.79 Å². The summed E-state index contributed by atoms with van der Waals surface area (Å²) < 4.78 is 68.6. The molecule has 4 aromatic rings. The molecule has 0 spiro atoms. The lowest BCUT2D eigenvalue weighted by Crippen LogP contribution is -2.41. The topological polar surface area (TPSA) is 97.0 Å². The van der Waals surface area contributed by atoms with Gasteiger partial charge in [-0.05, 0) is 72.1 Å². The zero-order valence-electron chi connectivity index (χ0n) is 25.0. The van der Waals surface area contributed by atoms with Gasteiger partial charge in [0.1, 0.15) is 12.1 Å². The standard InChI is InChI=1S/C31H26F5N7O2S2/c1-18(2)24-13-4-19(3)14-25(24)43-26(44)16-47-29(43)39-28(46)40-38-15-20-5-7-21(8-6-20)27-37-17-42(41-27)22-9-11-23(12-10-22)45-31(35,36)30(32,33)34/h4-15,17-18H,16H2,1-3H3,(H,40,46)/b38-15+,39-29?. The number of amidine groups is 1. The molecule has 1 aliphatic rings. The Balaban J connectivity index is 1.21. The predicted molar refractivity (Wildman–Crippen MR) is 174 cm³/mol. The number of benzene rings is 3. The van der Waals surface area contributed by atoms with Crippen LogP contribution >= 0.6 is 24.0 Å². The molecule has 1 N–H and O–H groups in total. The molecular formula is C31H26F5N7O2S2. The van der Waals surface area contributed by atoms with Crippen molar-refractivity contribution < 1.29 is 31.5 Å². The third-order valence-corrected chi connectivity index (χ3v) is 7.83. The van der Waals surface area contributed by atoms with E-state index in [0.29, 0.717) is 22.2 Å². The summed E-state index contributed by atoms with van der Waals surface area (Å²) in [7, 11) is 0. The van der Waals surface area contributed by atoms with Gasteiger partial charge in [0.25, 0.3) is 0 Å². The monoisotopic (exact) mass is 687 g/mol. The summed E-state index contributed by atoms with van der Waals surface area (Å²) in [6.45, 7) is 6.10. The largest absolute Gasteiger partial charge is 0.499 e. The van der Waals surface area contributed by atoms with Crippen molar-refractivity contribution in [3.05, 3.63) is 89.7 Å². The van der Waals surface area contributed by atoms with Gasteiger partial charge in [-0.15, -0.1) is 5.10 Å². The van der Waals surface area contributed by atoms with Crippen LogP contribution < -0.4 is 15.1 Å². The van der Waals surface area contributed by atoms with Gasteiger partial charge >= 0.3 is 12.3 Å². The second kappa shape index (κ2) is 13.6. The van der Waals surface area contributed by atoms with Crippen LogP contribution in [0.1, 0.15) is 36.5 Å². The number of aryl methyl sites for hydroxylation is 1. The van der Waals surface area contributed by atoms with E-state index in [1.807, 2.05) is 25.1 Å². The van der Waals surface area contributed by atoms with Crippen LogP contribution in [0.3, 0.4) is 0 Å². The Morgan fingerprint density at radius 3 is 2.43 bits per heavy atom. The Morgan fingerprint density at radius 1 is 1.06 bits per heavy atom. The number of carbonyl (C=O) groups excluding carboxylic acids is 1. The Morgan fingerprint density at radius 2 is 1.77 bits per heavy atom. The number of rotatable bonds is 8. The lowest BCUT2D eigenvalue weighted by molar-refractivity contribution is -0.360. The number of halogens is 5. The fourth-order valence-corrected chi connectivity index (χ4v) is 5.47. The molecule has 1 amide bonds. The molecule has 1 saturated heterocycles. The van der Waals surface area contributed by atoms with E-state index in [4.69, 9.17) is 12.2 Å². The number of ether oxygens (including phenoxy) is 1. The van der Waals surface area contributed by atoms with Gasteiger partial charge < -0.3 is 4.74 Å². The van der Waals surface area contributed by atoms with Crippen LogP contribution in [0.4, 0.5) is 27.6 Å². The molecule has 0 atom stereocenters. The summed E-state index contributed by atoms with van der Waals surface area (Å²) in [5.74, 6) is 0.0624. The first-order valence-electron chi connectivity index (χ1n) is 14.0. The van der Waals surface area contributed by atoms with E-state index in [2.05, 4.69) is 44.2 Å². The van der Waals surface area contributed by atoms with Crippen molar-refractivity contribution in [1.29, 1.82) is 0 Å². The maximum Gasteiger partial charge on any atom is 0.499 e. The van der Waals surface area contributed by atoms with E-state index in [1.54, 1.807) is 29.2 Å². The Kier molecular flexibility index (Phi) is 9.72. The molecule has 1 aromatic heterocycles. The predicted octanol–water partition coefficient (Wildman–Crippen LogP) is 7.24. The van der Waals surface area contributed by atoms with Crippen molar-refractivity contribution in [2.45, 2.75) is 39.0 Å². The Hall–Kier alpha value is -4.70. The number of alkyl halides is 5. The normalized spacial score (nSPS) is 14.9. The molecule has 9 nitrogen and oxygen atoms in total. The minimum Gasteiger partial charge on any atom is -0.426 e. The molecule has 1 aliphatic heterocycles. The number of aliphatic imine (C=N–C) groups is 1. The fraction of sp³-hybridized carbons (Fsp3) is 0.226. The summed E-state index contributed by atoms with van der Waals surface area (Å²) in [5.41, 5.74) is 7.30. The van der Waals surface area contributed by atoms with Crippen molar-refractivity contribution >= 4 is 52.1 Å². The number of nitrogens with one attached hydrogen (secondary N) is 1. The van der Waals surface area contributed by atoms with Gasteiger partial charge in [-0.1, -0.05) is 62.0 Å². The third-order valence-electron chi connectivity index (χ3n) is 6.72. The number of hydrazone groups is 1. The minimum atomic E-state index is -5.84. The minimum absolute atomic E-state index is 0.0772. The first kappa shape index (κ1) is 33.7. The number of hydrogen-bond acceptors (Lipinski definition) is 7. The van der Waals surface area contributed by atoms with Crippen molar-refractivity contribution in [3.8, 4) is 22.8 Å². The Bertz CT molecular complexity index is 1840. The zero-order chi connectivity index (χ0) is 33.9. The van der Waals surface area contributed by atoms with Crippen molar-refractivity contribution in [2.24, 2.45) is 10.1 Å². The van der Waals surface area contributed by atoms with Gasteiger partial charge in [-0.25, -0.2) is 9.67 Å². The second-order valence-electron chi connectivity index (χ2n) is 10.5. The van der Waals surface area contributed by atoms with Crippen molar-refractivity contribution in [2.75, 3.05) is 10.7 Å². The van der Waals surface area contributed by atoms with Gasteiger partial charge in [0.05, 0.1) is 23.3 Å². The highest BCUT2D eigenvalue weighted by molar-refractivity contribution is 8.15. The number of hydrogen-bond donors (Lipinski definition) is 1. The zero-order valence-corrected chi connectivity index (χ0v) is 26.6. The van der Waals surface area contributed by atoms with Gasteiger partial charge in [0.15, 0.2) is 11.0 Å². The number of nitrogens with zero attached hydrogens (tertiary/aromatic N) is 6. The van der Waals surface area contributed by atoms with Gasteiger partial charge in [0.2, 0.25) is 11.0 Å². The first-order chi connectivity index (χ1) is 22.2. The van der Waals surface area contributed by atoms with Crippen LogP contribution in [0.2, 0.25) is 0 Å². The summed E-state index contributed by atoms with van der Waals surface area (Å²) in [5, 5.41) is 9.05. The smallest absolute Gasteiger partial charge is 0.426 e. The maximum atomic E-state index is 13.1. The Labute approximate surface area is 275 Å². The number of thioether (sulfide) groups is 1. The SMILES string of the molecule is Cc1ccc(C(C)C)c(N2C(=O)CSC2=NC(=S)N/N=C/c2ccc(-c3ncn(-c4ccc(OC(F)(F)C(F)(F)F)cc4)n3)cc2)c1. The maximum absolute atomic E-state index is 13.1. The van der Waals surface area contributed by atoms with E-state index in [9.17, 15) is 26.7 Å². The van der Waals surface area contributed by atoms with Gasteiger partial charge in [-0.3, -0.25) is 15.1 Å². The van der Waals surface area contributed by atoms with E-state index in [0.717, 1.165) is 34.5 Å². The van der Waals surface area contributed by atoms with Crippen LogP contribution in [0.15, 0.2) is 83.2 Å². The molecule has 16 heteroatoms. The van der Waals surface area contributed by atoms with E-state index < -0.39 is 18.0 Å².